The molecule has 1 rings (SSSR count). The second-order valence-electron chi connectivity index (χ2n) is 2.83. The minimum atomic E-state index is -0.386. The summed E-state index contributed by atoms with van der Waals surface area (Å²) in [5.74, 6) is -0.386. The highest BCUT2D eigenvalue weighted by Gasteiger charge is 2.04. The SMILES string of the molecule is C=C(Br)CNCc1cccc(F)c1Cl. The molecule has 1 N–H and O–H groups in total. The Labute approximate surface area is 96.1 Å². The molecule has 0 heterocycles. The van der Waals surface area contributed by atoms with E-state index in [0.29, 0.717) is 13.1 Å². The monoisotopic (exact) mass is 277 g/mol. The molecule has 0 aliphatic heterocycles. The molecule has 0 spiro atoms. The first-order valence-electron chi connectivity index (χ1n) is 4.08. The van der Waals surface area contributed by atoms with E-state index in [2.05, 4.69) is 27.8 Å². The quantitative estimate of drug-likeness (QED) is 0.889. The summed E-state index contributed by atoms with van der Waals surface area (Å²) in [7, 11) is 0. The molecule has 0 saturated carbocycles. The van der Waals surface area contributed by atoms with E-state index in [4.69, 9.17) is 11.6 Å². The van der Waals surface area contributed by atoms with Crippen molar-refractivity contribution in [2.24, 2.45) is 0 Å². The Balaban J connectivity index is 2.59. The van der Waals surface area contributed by atoms with Crippen molar-refractivity contribution in [1.82, 2.24) is 5.32 Å². The molecule has 0 amide bonds. The molecule has 14 heavy (non-hydrogen) atoms. The fourth-order valence-electron chi connectivity index (χ4n) is 1.02. The van der Waals surface area contributed by atoms with E-state index in [1.54, 1.807) is 12.1 Å². The molecule has 0 aliphatic carbocycles. The van der Waals surface area contributed by atoms with Crippen LogP contribution in [0.4, 0.5) is 4.39 Å². The van der Waals surface area contributed by atoms with Gasteiger partial charge in [-0.3, -0.25) is 0 Å². The van der Waals surface area contributed by atoms with Gasteiger partial charge >= 0.3 is 0 Å². The van der Waals surface area contributed by atoms with Crippen LogP contribution in [0.15, 0.2) is 29.3 Å². The Kier molecular flexibility index (Phi) is 4.58. The molecule has 0 aromatic heterocycles. The highest BCUT2D eigenvalue weighted by molar-refractivity contribution is 9.11. The molecule has 0 unspecified atom stereocenters. The number of nitrogens with one attached hydrogen (secondary N) is 1. The third kappa shape index (κ3) is 3.40. The van der Waals surface area contributed by atoms with Gasteiger partial charge in [0.05, 0.1) is 5.02 Å². The first-order chi connectivity index (χ1) is 6.61. The average Bonchev–Trinajstić information content (AvgIpc) is 2.12. The summed E-state index contributed by atoms with van der Waals surface area (Å²) in [6.07, 6.45) is 0. The summed E-state index contributed by atoms with van der Waals surface area (Å²) in [4.78, 5) is 0. The van der Waals surface area contributed by atoms with E-state index >= 15 is 0 Å². The van der Waals surface area contributed by atoms with E-state index in [9.17, 15) is 4.39 Å². The van der Waals surface area contributed by atoms with Crippen LogP contribution in [0.5, 0.6) is 0 Å². The van der Waals surface area contributed by atoms with E-state index in [-0.39, 0.29) is 10.8 Å². The Morgan fingerprint density at radius 2 is 2.29 bits per heavy atom. The summed E-state index contributed by atoms with van der Waals surface area (Å²) in [6.45, 7) is 4.83. The second-order valence-corrected chi connectivity index (χ2v) is 4.33. The van der Waals surface area contributed by atoms with Gasteiger partial charge in [0.2, 0.25) is 0 Å². The van der Waals surface area contributed by atoms with Crippen LogP contribution in [0.2, 0.25) is 5.02 Å². The van der Waals surface area contributed by atoms with Crippen LogP contribution in [-0.2, 0) is 6.54 Å². The molecule has 4 heteroatoms. The average molecular weight is 279 g/mol. The standard InChI is InChI=1S/C10H10BrClFN/c1-7(11)5-14-6-8-3-2-4-9(13)10(8)12/h2-4,14H,1,5-6H2. The van der Waals surface area contributed by atoms with Crippen molar-refractivity contribution in [2.45, 2.75) is 6.54 Å². The number of hydrogen-bond acceptors (Lipinski definition) is 1. The lowest BCUT2D eigenvalue weighted by molar-refractivity contribution is 0.623. The van der Waals surface area contributed by atoms with Gasteiger partial charge in [-0.25, -0.2) is 4.39 Å². The van der Waals surface area contributed by atoms with E-state index in [1.807, 2.05) is 0 Å². The molecule has 0 radical (unpaired) electrons. The van der Waals surface area contributed by atoms with Crippen LogP contribution < -0.4 is 5.32 Å². The predicted octanol–water partition coefficient (Wildman–Crippen LogP) is 3.48. The van der Waals surface area contributed by atoms with Crippen molar-refractivity contribution in [3.8, 4) is 0 Å². The third-order valence-corrected chi connectivity index (χ3v) is 2.37. The zero-order valence-electron chi connectivity index (χ0n) is 7.49. The maximum Gasteiger partial charge on any atom is 0.142 e. The Hall–Kier alpha value is -0.380. The number of rotatable bonds is 4. The molecule has 0 saturated heterocycles. The molecular weight excluding hydrogens is 268 g/mol. The van der Waals surface area contributed by atoms with Gasteiger partial charge in [0.25, 0.3) is 0 Å². The normalized spacial score (nSPS) is 10.2. The first kappa shape index (κ1) is 11.7. The number of benzene rings is 1. The summed E-state index contributed by atoms with van der Waals surface area (Å²) >= 11 is 8.98. The van der Waals surface area contributed by atoms with Gasteiger partial charge in [-0.2, -0.15) is 0 Å². The smallest absolute Gasteiger partial charge is 0.142 e. The third-order valence-electron chi connectivity index (χ3n) is 1.66. The van der Waals surface area contributed by atoms with Crippen LogP contribution >= 0.6 is 27.5 Å². The number of hydrogen-bond donors (Lipinski definition) is 1. The lowest BCUT2D eigenvalue weighted by Gasteiger charge is -2.06. The van der Waals surface area contributed by atoms with E-state index < -0.39 is 0 Å². The van der Waals surface area contributed by atoms with Gasteiger partial charge in [-0.15, -0.1) is 0 Å². The highest BCUT2D eigenvalue weighted by atomic mass is 79.9. The molecule has 0 fully saturated rings. The molecular formula is C10H10BrClFN. The Bertz CT molecular complexity index is 341. The molecule has 1 aromatic rings. The van der Waals surface area contributed by atoms with Crippen molar-refractivity contribution < 1.29 is 4.39 Å². The highest BCUT2D eigenvalue weighted by Crippen LogP contribution is 2.19. The molecule has 0 bridgehead atoms. The van der Waals surface area contributed by atoms with Crippen molar-refractivity contribution in [2.75, 3.05) is 6.54 Å². The van der Waals surface area contributed by atoms with Gasteiger partial charge in [0.1, 0.15) is 5.82 Å². The van der Waals surface area contributed by atoms with Crippen LogP contribution in [-0.4, -0.2) is 6.54 Å². The van der Waals surface area contributed by atoms with Crippen molar-refractivity contribution >= 4 is 27.5 Å². The minimum Gasteiger partial charge on any atom is -0.308 e. The summed E-state index contributed by atoms with van der Waals surface area (Å²) in [5.41, 5.74) is 0.750. The van der Waals surface area contributed by atoms with E-state index in [0.717, 1.165) is 10.0 Å². The van der Waals surface area contributed by atoms with E-state index in [1.165, 1.54) is 6.07 Å². The summed E-state index contributed by atoms with van der Waals surface area (Å²) in [5, 5.41) is 3.25. The zero-order valence-corrected chi connectivity index (χ0v) is 9.83. The lowest BCUT2D eigenvalue weighted by atomic mass is 10.2. The molecule has 1 nitrogen and oxygen atoms in total. The van der Waals surface area contributed by atoms with Crippen LogP contribution in [0, 0.1) is 5.82 Å². The van der Waals surface area contributed by atoms with Crippen LogP contribution in [0.25, 0.3) is 0 Å². The Morgan fingerprint density at radius 3 is 2.93 bits per heavy atom. The predicted molar refractivity (Wildman–Crippen MR) is 61.2 cm³/mol. The lowest BCUT2D eigenvalue weighted by Crippen LogP contribution is -2.14. The Morgan fingerprint density at radius 1 is 1.57 bits per heavy atom. The first-order valence-corrected chi connectivity index (χ1v) is 5.25. The maximum atomic E-state index is 13.0. The van der Waals surface area contributed by atoms with Crippen LogP contribution in [0.1, 0.15) is 5.56 Å². The summed E-state index contributed by atoms with van der Waals surface area (Å²) in [6, 6.07) is 4.77. The molecule has 1 aromatic carbocycles. The molecule has 0 aliphatic rings. The van der Waals surface area contributed by atoms with Gasteiger partial charge in [-0.1, -0.05) is 46.2 Å². The van der Waals surface area contributed by atoms with Crippen molar-refractivity contribution in [1.29, 1.82) is 0 Å². The minimum absolute atomic E-state index is 0.181. The van der Waals surface area contributed by atoms with Crippen molar-refractivity contribution in [3.63, 3.8) is 0 Å². The van der Waals surface area contributed by atoms with Gasteiger partial charge in [0, 0.05) is 17.6 Å². The van der Waals surface area contributed by atoms with Crippen molar-refractivity contribution in [3.05, 3.63) is 45.7 Å². The van der Waals surface area contributed by atoms with Crippen LogP contribution in [0.3, 0.4) is 0 Å². The topological polar surface area (TPSA) is 12.0 Å². The zero-order chi connectivity index (χ0) is 10.6. The van der Waals surface area contributed by atoms with Gasteiger partial charge < -0.3 is 5.32 Å². The fraction of sp³-hybridized carbons (Fsp3) is 0.200. The largest absolute Gasteiger partial charge is 0.308 e. The maximum absolute atomic E-state index is 13.0. The molecule has 76 valence electrons. The van der Waals surface area contributed by atoms with Gasteiger partial charge in [-0.05, 0) is 11.6 Å². The molecule has 0 atom stereocenters. The number of halogens is 3. The van der Waals surface area contributed by atoms with Gasteiger partial charge in [0.15, 0.2) is 0 Å². The fourth-order valence-corrected chi connectivity index (χ4v) is 1.41. The summed E-state index contributed by atoms with van der Waals surface area (Å²) < 4.78 is 13.8. The second kappa shape index (κ2) is 5.49.